The van der Waals surface area contributed by atoms with Crippen molar-refractivity contribution in [3.05, 3.63) is 0 Å². The molecular weight excluding hydrogens is 272 g/mol. The van der Waals surface area contributed by atoms with Crippen LogP contribution in [0.5, 0.6) is 0 Å². The highest BCUT2D eigenvalue weighted by Crippen LogP contribution is 2.16. The first-order valence-corrected chi connectivity index (χ1v) is 9.94. The Bertz CT molecular complexity index is 238. The molecule has 0 spiro atoms. The molecule has 0 rings (SSSR count). The molecule has 0 N–H and O–H groups in total. The van der Waals surface area contributed by atoms with Crippen molar-refractivity contribution < 1.29 is 9.53 Å². The van der Waals surface area contributed by atoms with E-state index in [-0.39, 0.29) is 12.1 Å². The highest BCUT2D eigenvalue weighted by atomic mass is 16.5. The van der Waals surface area contributed by atoms with Gasteiger partial charge in [0, 0.05) is 6.42 Å². The summed E-state index contributed by atoms with van der Waals surface area (Å²) in [6.07, 6.45) is 18.1. The van der Waals surface area contributed by atoms with Gasteiger partial charge in [-0.15, -0.1) is 0 Å². The van der Waals surface area contributed by atoms with E-state index in [1.165, 1.54) is 57.8 Å². The average Bonchev–Trinajstić information content (AvgIpc) is 2.51. The first-order chi connectivity index (χ1) is 10.7. The number of esters is 1. The third kappa shape index (κ3) is 14.4. The summed E-state index contributed by atoms with van der Waals surface area (Å²) in [6.45, 7) is 6.55. The number of ether oxygens (including phenoxy) is 1. The van der Waals surface area contributed by atoms with Crippen molar-refractivity contribution in [2.75, 3.05) is 0 Å². The van der Waals surface area contributed by atoms with Crippen molar-refractivity contribution in [2.45, 2.75) is 123 Å². The lowest BCUT2D eigenvalue weighted by Crippen LogP contribution is -2.18. The van der Waals surface area contributed by atoms with Crippen molar-refractivity contribution in [3.63, 3.8) is 0 Å². The van der Waals surface area contributed by atoms with Crippen LogP contribution < -0.4 is 0 Å². The smallest absolute Gasteiger partial charge is 0.306 e. The first-order valence-electron chi connectivity index (χ1n) is 9.94. The SMILES string of the molecule is CCCCCCCCCCCC(CCC)OC(=O)CCCC. The summed E-state index contributed by atoms with van der Waals surface area (Å²) in [5.74, 6) is 0.0104. The van der Waals surface area contributed by atoms with E-state index in [4.69, 9.17) is 4.74 Å². The number of hydrogen-bond donors (Lipinski definition) is 0. The second-order valence-electron chi connectivity index (χ2n) is 6.62. The van der Waals surface area contributed by atoms with Crippen LogP contribution in [0.1, 0.15) is 117 Å². The van der Waals surface area contributed by atoms with E-state index >= 15 is 0 Å². The summed E-state index contributed by atoms with van der Waals surface area (Å²) in [5.41, 5.74) is 0. The largest absolute Gasteiger partial charge is 0.462 e. The molecule has 0 fully saturated rings. The van der Waals surface area contributed by atoms with Crippen LogP contribution in [-0.4, -0.2) is 12.1 Å². The van der Waals surface area contributed by atoms with Gasteiger partial charge in [0.1, 0.15) is 6.10 Å². The van der Waals surface area contributed by atoms with Gasteiger partial charge in [-0.05, 0) is 25.7 Å². The van der Waals surface area contributed by atoms with E-state index in [0.29, 0.717) is 6.42 Å². The van der Waals surface area contributed by atoms with Crippen LogP contribution in [0.2, 0.25) is 0 Å². The van der Waals surface area contributed by atoms with Crippen LogP contribution in [0.25, 0.3) is 0 Å². The van der Waals surface area contributed by atoms with Gasteiger partial charge in [-0.25, -0.2) is 0 Å². The molecule has 1 atom stereocenters. The number of carbonyl (C=O) groups is 1. The van der Waals surface area contributed by atoms with E-state index in [9.17, 15) is 4.79 Å². The minimum Gasteiger partial charge on any atom is -0.462 e. The van der Waals surface area contributed by atoms with E-state index in [0.717, 1.165) is 32.1 Å². The molecule has 0 aliphatic heterocycles. The molecule has 0 aliphatic rings. The second-order valence-corrected chi connectivity index (χ2v) is 6.62. The monoisotopic (exact) mass is 312 g/mol. The Hall–Kier alpha value is -0.530. The molecule has 0 saturated heterocycles. The molecule has 22 heavy (non-hydrogen) atoms. The topological polar surface area (TPSA) is 26.3 Å². The zero-order valence-electron chi connectivity index (χ0n) is 15.5. The summed E-state index contributed by atoms with van der Waals surface area (Å²) in [5, 5.41) is 0. The molecule has 0 saturated carbocycles. The van der Waals surface area contributed by atoms with Gasteiger partial charge < -0.3 is 4.74 Å². The molecule has 0 aromatic heterocycles. The van der Waals surface area contributed by atoms with Crippen LogP contribution in [0.3, 0.4) is 0 Å². The predicted octanol–water partition coefficient (Wildman–Crippen LogP) is 6.81. The van der Waals surface area contributed by atoms with Gasteiger partial charge in [0.2, 0.25) is 0 Å². The van der Waals surface area contributed by atoms with Crippen LogP contribution in [0.15, 0.2) is 0 Å². The molecule has 1 unspecified atom stereocenters. The summed E-state index contributed by atoms with van der Waals surface area (Å²) < 4.78 is 5.63. The van der Waals surface area contributed by atoms with Crippen LogP contribution in [0.4, 0.5) is 0 Å². The fraction of sp³-hybridized carbons (Fsp3) is 0.950. The van der Waals surface area contributed by atoms with Gasteiger partial charge in [0.15, 0.2) is 0 Å². The van der Waals surface area contributed by atoms with Crippen molar-refractivity contribution in [1.29, 1.82) is 0 Å². The molecule has 0 aromatic carbocycles. The van der Waals surface area contributed by atoms with Gasteiger partial charge in [0.25, 0.3) is 0 Å². The maximum Gasteiger partial charge on any atom is 0.306 e. The molecule has 0 aliphatic carbocycles. The number of carbonyl (C=O) groups excluding carboxylic acids is 1. The Balaban J connectivity index is 3.58. The van der Waals surface area contributed by atoms with Gasteiger partial charge in [-0.3, -0.25) is 4.79 Å². The van der Waals surface area contributed by atoms with Crippen molar-refractivity contribution in [3.8, 4) is 0 Å². The Morgan fingerprint density at radius 2 is 1.23 bits per heavy atom. The Morgan fingerprint density at radius 1 is 0.682 bits per heavy atom. The van der Waals surface area contributed by atoms with E-state index < -0.39 is 0 Å². The van der Waals surface area contributed by atoms with E-state index in [1.807, 2.05) is 0 Å². The molecular formula is C20H40O2. The fourth-order valence-corrected chi connectivity index (χ4v) is 2.83. The minimum atomic E-state index is 0.0104. The highest BCUT2D eigenvalue weighted by molar-refractivity contribution is 5.69. The van der Waals surface area contributed by atoms with E-state index in [1.54, 1.807) is 0 Å². The lowest BCUT2D eigenvalue weighted by Gasteiger charge is -2.17. The summed E-state index contributed by atoms with van der Waals surface area (Å²) in [4.78, 5) is 11.7. The second kappa shape index (κ2) is 16.8. The van der Waals surface area contributed by atoms with Gasteiger partial charge in [-0.2, -0.15) is 0 Å². The normalized spacial score (nSPS) is 12.3. The van der Waals surface area contributed by atoms with Crippen LogP contribution in [-0.2, 0) is 9.53 Å². The van der Waals surface area contributed by atoms with Crippen LogP contribution >= 0.6 is 0 Å². The van der Waals surface area contributed by atoms with Crippen molar-refractivity contribution in [1.82, 2.24) is 0 Å². The number of hydrogen-bond acceptors (Lipinski definition) is 2. The highest BCUT2D eigenvalue weighted by Gasteiger charge is 2.12. The summed E-state index contributed by atoms with van der Waals surface area (Å²) in [7, 11) is 0. The summed E-state index contributed by atoms with van der Waals surface area (Å²) >= 11 is 0. The molecule has 0 heterocycles. The quantitative estimate of drug-likeness (QED) is 0.231. The third-order valence-corrected chi connectivity index (χ3v) is 4.27. The van der Waals surface area contributed by atoms with E-state index in [2.05, 4.69) is 20.8 Å². The lowest BCUT2D eigenvalue weighted by molar-refractivity contribution is -0.149. The summed E-state index contributed by atoms with van der Waals surface area (Å²) in [6, 6.07) is 0. The molecule has 2 heteroatoms. The Morgan fingerprint density at radius 3 is 1.77 bits per heavy atom. The standard InChI is InChI=1S/C20H40O2/c1-4-7-9-10-11-12-13-14-15-17-19(16-6-3)22-20(21)18-8-5-2/h19H,4-18H2,1-3H3. The first kappa shape index (κ1) is 21.5. The zero-order chi connectivity index (χ0) is 16.5. The zero-order valence-corrected chi connectivity index (χ0v) is 15.5. The Labute approximate surface area is 139 Å². The van der Waals surface area contributed by atoms with Crippen molar-refractivity contribution in [2.24, 2.45) is 0 Å². The van der Waals surface area contributed by atoms with Gasteiger partial charge >= 0.3 is 5.97 Å². The molecule has 0 aromatic rings. The number of unbranched alkanes of at least 4 members (excludes halogenated alkanes) is 9. The molecule has 132 valence electrons. The maximum absolute atomic E-state index is 11.7. The molecule has 0 bridgehead atoms. The number of rotatable bonds is 16. The maximum atomic E-state index is 11.7. The fourth-order valence-electron chi connectivity index (χ4n) is 2.83. The molecule has 0 radical (unpaired) electrons. The van der Waals surface area contributed by atoms with Gasteiger partial charge in [-0.1, -0.05) is 85.0 Å². The molecule has 0 amide bonds. The lowest BCUT2D eigenvalue weighted by atomic mass is 10.0. The minimum absolute atomic E-state index is 0.0104. The average molecular weight is 313 g/mol. The third-order valence-electron chi connectivity index (χ3n) is 4.27. The Kier molecular flexibility index (Phi) is 16.4. The molecule has 2 nitrogen and oxygen atoms in total. The van der Waals surface area contributed by atoms with Crippen molar-refractivity contribution >= 4 is 5.97 Å². The predicted molar refractivity (Wildman–Crippen MR) is 96.2 cm³/mol. The van der Waals surface area contributed by atoms with Gasteiger partial charge in [0.05, 0.1) is 0 Å². The van der Waals surface area contributed by atoms with Crippen LogP contribution in [0, 0.1) is 0 Å².